The van der Waals surface area contributed by atoms with E-state index < -0.39 is 0 Å². The van der Waals surface area contributed by atoms with Gasteiger partial charge in [0.2, 0.25) is 0 Å². The molecule has 0 aliphatic carbocycles. The maximum atomic E-state index is 5.66. The minimum absolute atomic E-state index is 0.549. The summed E-state index contributed by atoms with van der Waals surface area (Å²) in [4.78, 5) is 7.14. The Hall–Kier alpha value is -1.98. The van der Waals surface area contributed by atoms with Crippen LogP contribution in [-0.4, -0.2) is 28.1 Å². The molecule has 0 amide bonds. The standard InChI is InChI=1S/C21H23N3S2/c1-14-7-8-17(15(2)13-14)23-21(25)24-11-9-16(10-12-24)20-22-18-5-3-4-6-19(18)26-20/h3-8,13,16H,9-12H2,1-2H3,(H,23,25). The number of nitrogens with zero attached hydrogens (tertiary/aromatic N) is 2. The van der Waals surface area contributed by atoms with Crippen LogP contribution in [0.3, 0.4) is 0 Å². The lowest BCUT2D eigenvalue weighted by atomic mass is 9.98. The largest absolute Gasteiger partial charge is 0.349 e. The molecular weight excluding hydrogens is 358 g/mol. The maximum Gasteiger partial charge on any atom is 0.173 e. The zero-order chi connectivity index (χ0) is 18.1. The number of likely N-dealkylation sites (tertiary alicyclic amines) is 1. The molecule has 1 aliphatic heterocycles. The van der Waals surface area contributed by atoms with Crippen LogP contribution in [0.5, 0.6) is 0 Å². The third-order valence-electron chi connectivity index (χ3n) is 5.07. The molecule has 0 atom stereocenters. The Labute approximate surface area is 164 Å². The van der Waals surface area contributed by atoms with Crippen molar-refractivity contribution in [3.63, 3.8) is 0 Å². The van der Waals surface area contributed by atoms with Gasteiger partial charge in [0.15, 0.2) is 5.11 Å². The van der Waals surface area contributed by atoms with Crippen molar-refractivity contribution in [1.82, 2.24) is 9.88 Å². The monoisotopic (exact) mass is 381 g/mol. The molecule has 1 aliphatic rings. The average molecular weight is 382 g/mol. The van der Waals surface area contributed by atoms with Gasteiger partial charge in [-0.3, -0.25) is 0 Å². The predicted molar refractivity (Wildman–Crippen MR) is 115 cm³/mol. The molecule has 0 radical (unpaired) electrons. The Morgan fingerprint density at radius 2 is 1.92 bits per heavy atom. The van der Waals surface area contributed by atoms with Crippen LogP contribution >= 0.6 is 23.6 Å². The van der Waals surface area contributed by atoms with E-state index in [2.05, 4.69) is 66.5 Å². The fraction of sp³-hybridized carbons (Fsp3) is 0.333. The summed E-state index contributed by atoms with van der Waals surface area (Å²) in [6.45, 7) is 6.20. The lowest BCUT2D eigenvalue weighted by Crippen LogP contribution is -2.40. The minimum Gasteiger partial charge on any atom is -0.349 e. The summed E-state index contributed by atoms with van der Waals surface area (Å²) in [6, 6.07) is 14.8. The number of aromatic nitrogens is 1. The molecule has 0 unspecified atom stereocenters. The first-order valence-electron chi connectivity index (χ1n) is 9.09. The fourth-order valence-electron chi connectivity index (χ4n) is 3.54. The third kappa shape index (κ3) is 3.60. The van der Waals surface area contributed by atoms with Gasteiger partial charge in [-0.15, -0.1) is 11.3 Å². The number of benzene rings is 2. The number of thiocarbonyl (C=S) groups is 1. The molecule has 134 valence electrons. The molecule has 0 bridgehead atoms. The summed E-state index contributed by atoms with van der Waals surface area (Å²) in [5.41, 5.74) is 4.74. The van der Waals surface area contributed by atoms with Crippen molar-refractivity contribution in [2.75, 3.05) is 18.4 Å². The maximum absolute atomic E-state index is 5.66. The lowest BCUT2D eigenvalue weighted by molar-refractivity contribution is 0.316. The van der Waals surface area contributed by atoms with E-state index in [1.807, 2.05) is 11.3 Å². The van der Waals surface area contributed by atoms with Crippen molar-refractivity contribution in [2.24, 2.45) is 0 Å². The molecule has 1 saturated heterocycles. The number of piperidine rings is 1. The van der Waals surface area contributed by atoms with Crippen LogP contribution in [0.25, 0.3) is 10.2 Å². The molecule has 2 aromatic carbocycles. The van der Waals surface area contributed by atoms with E-state index >= 15 is 0 Å². The normalized spacial score (nSPS) is 15.4. The number of nitrogens with one attached hydrogen (secondary N) is 1. The molecule has 26 heavy (non-hydrogen) atoms. The Balaban J connectivity index is 1.39. The van der Waals surface area contributed by atoms with Crippen LogP contribution in [0.15, 0.2) is 42.5 Å². The zero-order valence-electron chi connectivity index (χ0n) is 15.2. The topological polar surface area (TPSA) is 28.2 Å². The van der Waals surface area contributed by atoms with Gasteiger partial charge in [0.05, 0.1) is 15.2 Å². The van der Waals surface area contributed by atoms with Crippen molar-refractivity contribution in [3.8, 4) is 0 Å². The third-order valence-corrected chi connectivity index (χ3v) is 6.62. The second kappa shape index (κ2) is 7.33. The summed E-state index contributed by atoms with van der Waals surface area (Å²) in [5.74, 6) is 0.549. The average Bonchev–Trinajstić information content (AvgIpc) is 3.08. The minimum atomic E-state index is 0.549. The molecule has 0 saturated carbocycles. The molecule has 3 nitrogen and oxygen atoms in total. The summed E-state index contributed by atoms with van der Waals surface area (Å²) < 4.78 is 1.29. The number of thiazole rings is 1. The highest BCUT2D eigenvalue weighted by Gasteiger charge is 2.24. The summed E-state index contributed by atoms with van der Waals surface area (Å²) in [5, 5.41) is 5.54. The van der Waals surface area contributed by atoms with Crippen LogP contribution in [0.4, 0.5) is 5.69 Å². The lowest BCUT2D eigenvalue weighted by Gasteiger charge is -2.33. The SMILES string of the molecule is Cc1ccc(NC(=S)N2CCC(c3nc4ccccc4s3)CC2)c(C)c1. The van der Waals surface area contributed by atoms with Gasteiger partial charge in [-0.05, 0) is 62.7 Å². The van der Waals surface area contributed by atoms with E-state index in [1.165, 1.54) is 20.8 Å². The molecule has 1 fully saturated rings. The number of para-hydroxylation sites is 1. The molecule has 2 heterocycles. The summed E-state index contributed by atoms with van der Waals surface area (Å²) in [7, 11) is 0. The Kier molecular flexibility index (Phi) is 4.92. The molecule has 1 N–H and O–H groups in total. The van der Waals surface area contributed by atoms with Gasteiger partial charge in [0.1, 0.15) is 0 Å². The molecular formula is C21H23N3S2. The first kappa shape index (κ1) is 17.4. The quantitative estimate of drug-likeness (QED) is 0.594. The van der Waals surface area contributed by atoms with Gasteiger partial charge >= 0.3 is 0 Å². The first-order chi connectivity index (χ1) is 12.6. The van der Waals surface area contributed by atoms with Gasteiger partial charge in [-0.25, -0.2) is 4.98 Å². The molecule has 0 spiro atoms. The highest BCUT2D eigenvalue weighted by atomic mass is 32.1. The second-order valence-electron chi connectivity index (χ2n) is 7.03. The fourth-order valence-corrected chi connectivity index (χ4v) is 4.97. The van der Waals surface area contributed by atoms with E-state index in [1.54, 1.807) is 0 Å². The highest BCUT2D eigenvalue weighted by Crippen LogP contribution is 2.34. The number of fused-ring (bicyclic) bond motifs is 1. The smallest absolute Gasteiger partial charge is 0.173 e. The van der Waals surface area contributed by atoms with E-state index in [0.717, 1.165) is 42.2 Å². The number of aryl methyl sites for hydroxylation is 2. The van der Waals surface area contributed by atoms with Crippen LogP contribution in [-0.2, 0) is 0 Å². The molecule has 3 aromatic rings. The molecule has 5 heteroatoms. The van der Waals surface area contributed by atoms with Crippen molar-refractivity contribution in [2.45, 2.75) is 32.6 Å². The Bertz CT molecular complexity index is 906. The van der Waals surface area contributed by atoms with Gasteiger partial charge in [-0.1, -0.05) is 29.8 Å². The van der Waals surface area contributed by atoms with Crippen molar-refractivity contribution in [3.05, 3.63) is 58.6 Å². The number of anilines is 1. The summed E-state index contributed by atoms with van der Waals surface area (Å²) >= 11 is 7.50. The molecule has 4 rings (SSSR count). The van der Waals surface area contributed by atoms with Crippen molar-refractivity contribution in [1.29, 1.82) is 0 Å². The number of rotatable bonds is 2. The van der Waals surface area contributed by atoms with E-state index in [9.17, 15) is 0 Å². The zero-order valence-corrected chi connectivity index (χ0v) is 16.8. The van der Waals surface area contributed by atoms with Crippen LogP contribution in [0.1, 0.15) is 34.9 Å². The van der Waals surface area contributed by atoms with Crippen molar-refractivity contribution < 1.29 is 0 Å². The van der Waals surface area contributed by atoms with E-state index in [-0.39, 0.29) is 0 Å². The molecule has 1 aromatic heterocycles. The van der Waals surface area contributed by atoms with Gasteiger partial charge in [-0.2, -0.15) is 0 Å². The van der Waals surface area contributed by atoms with Gasteiger partial charge in [0.25, 0.3) is 0 Å². The number of hydrogen-bond acceptors (Lipinski definition) is 3. The highest BCUT2D eigenvalue weighted by molar-refractivity contribution is 7.80. The van der Waals surface area contributed by atoms with Gasteiger partial charge < -0.3 is 10.2 Å². The Morgan fingerprint density at radius 3 is 2.65 bits per heavy atom. The number of hydrogen-bond donors (Lipinski definition) is 1. The van der Waals surface area contributed by atoms with E-state index in [0.29, 0.717) is 5.92 Å². The summed E-state index contributed by atoms with van der Waals surface area (Å²) in [6.07, 6.45) is 2.21. The first-order valence-corrected chi connectivity index (χ1v) is 10.3. The predicted octanol–water partition coefficient (Wildman–Crippen LogP) is 5.49. The van der Waals surface area contributed by atoms with Crippen LogP contribution in [0.2, 0.25) is 0 Å². The van der Waals surface area contributed by atoms with Crippen molar-refractivity contribution >= 4 is 44.6 Å². The van der Waals surface area contributed by atoms with E-state index in [4.69, 9.17) is 17.2 Å². The van der Waals surface area contributed by atoms with Crippen LogP contribution < -0.4 is 5.32 Å². The van der Waals surface area contributed by atoms with Crippen LogP contribution in [0, 0.1) is 13.8 Å². The Morgan fingerprint density at radius 1 is 1.15 bits per heavy atom. The second-order valence-corrected chi connectivity index (χ2v) is 8.48. The van der Waals surface area contributed by atoms with Gasteiger partial charge in [0, 0.05) is 24.7 Å².